The zero-order valence-electron chi connectivity index (χ0n) is 18.3. The smallest absolute Gasteiger partial charge is 0.231 e. The minimum Gasteiger partial charge on any atom is -0.359 e. The van der Waals surface area contributed by atoms with Gasteiger partial charge in [-0.25, -0.2) is 4.98 Å². The largest absolute Gasteiger partial charge is 0.359 e. The van der Waals surface area contributed by atoms with E-state index in [0.29, 0.717) is 11.9 Å². The number of hydrogen-bond donors (Lipinski definition) is 0. The summed E-state index contributed by atoms with van der Waals surface area (Å²) in [6, 6.07) is 18.3. The number of hydrogen-bond acceptors (Lipinski definition) is 9. The molecular weight excluding hydrogens is 452 g/mol. The lowest BCUT2D eigenvalue weighted by Crippen LogP contribution is -2.17. The van der Waals surface area contributed by atoms with Crippen LogP contribution >= 0.6 is 22.7 Å². The number of unbranched alkanes of at least 4 members (excludes halogenated alkanes) is 1. The summed E-state index contributed by atoms with van der Waals surface area (Å²) in [6.07, 6.45) is 3.53. The SMILES string of the molecule is CCCCc1ccc(N=Nc2cc3sc(N=Nc4ccc(N5CCOC5)cc4)nc3s2)cc1. The molecule has 5 rings (SSSR count). The van der Waals surface area contributed by atoms with Crippen LogP contribution in [0, 0.1) is 0 Å². The second-order valence-electron chi connectivity index (χ2n) is 7.74. The van der Waals surface area contributed by atoms with Gasteiger partial charge in [-0.2, -0.15) is 0 Å². The molecule has 7 nitrogen and oxygen atoms in total. The summed E-state index contributed by atoms with van der Waals surface area (Å²) >= 11 is 3.01. The van der Waals surface area contributed by atoms with Crippen LogP contribution in [0.2, 0.25) is 0 Å². The number of nitrogens with zero attached hydrogens (tertiary/aromatic N) is 6. The molecule has 1 saturated heterocycles. The number of aromatic nitrogens is 1. The highest BCUT2D eigenvalue weighted by Gasteiger charge is 2.12. The highest BCUT2D eigenvalue weighted by molar-refractivity contribution is 7.30. The van der Waals surface area contributed by atoms with E-state index >= 15 is 0 Å². The number of rotatable bonds is 8. The van der Waals surface area contributed by atoms with E-state index in [2.05, 4.69) is 49.4 Å². The standard InChI is InChI=1S/C24H24N6OS2/c1-2-3-4-17-5-7-18(8-6-17)26-28-22-15-21-23(33-22)25-24(32-21)29-27-19-9-11-20(12-10-19)30-13-14-31-16-30/h5-12,15H,2-4,13-14,16H2,1H3. The molecule has 33 heavy (non-hydrogen) atoms. The van der Waals surface area contributed by atoms with Crippen LogP contribution in [0.4, 0.5) is 27.2 Å². The second-order valence-corrected chi connectivity index (χ2v) is 9.76. The fourth-order valence-corrected chi connectivity index (χ4v) is 5.32. The normalized spacial score (nSPS) is 14.4. The third-order valence-corrected chi connectivity index (χ3v) is 7.23. The van der Waals surface area contributed by atoms with Crippen LogP contribution in [0.15, 0.2) is 75.1 Å². The van der Waals surface area contributed by atoms with Gasteiger partial charge in [0.25, 0.3) is 0 Å². The molecule has 1 fully saturated rings. The molecule has 1 aliphatic rings. The minimum absolute atomic E-state index is 0.638. The van der Waals surface area contributed by atoms with Gasteiger partial charge in [-0.05, 0) is 60.9 Å². The first-order valence-electron chi connectivity index (χ1n) is 11.0. The Bertz CT molecular complexity index is 1220. The van der Waals surface area contributed by atoms with Gasteiger partial charge in [-0.15, -0.1) is 20.5 Å². The molecule has 1 aliphatic heterocycles. The third-order valence-electron chi connectivity index (χ3n) is 5.30. The van der Waals surface area contributed by atoms with Crippen molar-refractivity contribution in [3.05, 3.63) is 60.2 Å². The molecule has 0 N–H and O–H groups in total. The lowest BCUT2D eigenvalue weighted by Gasteiger charge is -2.15. The molecule has 0 atom stereocenters. The minimum atomic E-state index is 0.638. The third kappa shape index (κ3) is 5.50. The van der Waals surface area contributed by atoms with Crippen molar-refractivity contribution in [1.82, 2.24) is 4.98 Å². The maximum Gasteiger partial charge on any atom is 0.231 e. The Balaban J connectivity index is 1.21. The van der Waals surface area contributed by atoms with Crippen LogP contribution < -0.4 is 4.90 Å². The zero-order valence-corrected chi connectivity index (χ0v) is 20.0. The molecule has 0 unspecified atom stereocenters. The Hall–Kier alpha value is -3.01. The number of benzene rings is 2. The summed E-state index contributed by atoms with van der Waals surface area (Å²) in [7, 11) is 0. The Kier molecular flexibility index (Phi) is 6.80. The van der Waals surface area contributed by atoms with Crippen LogP contribution in [0.3, 0.4) is 0 Å². The Morgan fingerprint density at radius 2 is 1.70 bits per heavy atom. The first kappa shape index (κ1) is 21.8. The van der Waals surface area contributed by atoms with Crippen molar-refractivity contribution in [2.24, 2.45) is 20.5 Å². The summed E-state index contributed by atoms with van der Waals surface area (Å²) in [5.74, 6) is 0. The molecule has 3 heterocycles. The first-order chi connectivity index (χ1) is 16.3. The maximum absolute atomic E-state index is 5.40. The van der Waals surface area contributed by atoms with Crippen molar-refractivity contribution in [3.63, 3.8) is 0 Å². The predicted octanol–water partition coefficient (Wildman–Crippen LogP) is 8.33. The van der Waals surface area contributed by atoms with Crippen LogP contribution in [0.5, 0.6) is 0 Å². The summed E-state index contributed by atoms with van der Waals surface area (Å²) < 4.78 is 6.44. The van der Waals surface area contributed by atoms with E-state index in [-0.39, 0.29) is 0 Å². The van der Waals surface area contributed by atoms with Crippen molar-refractivity contribution in [2.45, 2.75) is 26.2 Å². The molecule has 4 aromatic rings. The van der Waals surface area contributed by atoms with Gasteiger partial charge < -0.3 is 9.64 Å². The van der Waals surface area contributed by atoms with Crippen molar-refractivity contribution < 1.29 is 4.74 Å². The van der Waals surface area contributed by atoms with Gasteiger partial charge in [0.05, 0.1) is 22.7 Å². The van der Waals surface area contributed by atoms with Crippen molar-refractivity contribution in [1.29, 1.82) is 0 Å². The number of fused-ring (bicyclic) bond motifs is 1. The number of azo groups is 2. The highest BCUT2D eigenvalue weighted by Crippen LogP contribution is 2.39. The topological polar surface area (TPSA) is 74.8 Å². The van der Waals surface area contributed by atoms with Crippen LogP contribution in [0.1, 0.15) is 25.3 Å². The summed E-state index contributed by atoms with van der Waals surface area (Å²) in [6.45, 7) is 4.55. The summed E-state index contributed by atoms with van der Waals surface area (Å²) in [4.78, 5) is 7.67. The molecule has 0 spiro atoms. The monoisotopic (exact) mass is 476 g/mol. The maximum atomic E-state index is 5.40. The van der Waals surface area contributed by atoms with Crippen molar-refractivity contribution in [2.75, 3.05) is 24.8 Å². The fraction of sp³-hybridized carbons (Fsp3) is 0.292. The quantitative estimate of drug-likeness (QED) is 0.240. The summed E-state index contributed by atoms with van der Waals surface area (Å²) in [5, 5.41) is 18.9. The van der Waals surface area contributed by atoms with Gasteiger partial charge in [0.1, 0.15) is 16.6 Å². The average Bonchev–Trinajstić information content (AvgIpc) is 3.58. The van der Waals surface area contributed by atoms with Gasteiger partial charge in [-0.3, -0.25) is 0 Å². The lowest BCUT2D eigenvalue weighted by atomic mass is 10.1. The van der Waals surface area contributed by atoms with Gasteiger partial charge >= 0.3 is 0 Å². The molecule has 0 aliphatic carbocycles. The van der Waals surface area contributed by atoms with E-state index < -0.39 is 0 Å². The molecule has 0 radical (unpaired) electrons. The Morgan fingerprint density at radius 3 is 2.39 bits per heavy atom. The molecule has 2 aromatic carbocycles. The van der Waals surface area contributed by atoms with Gasteiger partial charge in [0.2, 0.25) is 5.13 Å². The summed E-state index contributed by atoms with van der Waals surface area (Å²) in [5.41, 5.74) is 4.14. The highest BCUT2D eigenvalue weighted by atomic mass is 32.1. The number of thiazole rings is 1. The average molecular weight is 477 g/mol. The molecule has 0 amide bonds. The van der Waals surface area contributed by atoms with E-state index in [1.54, 1.807) is 0 Å². The molecular formula is C24H24N6OS2. The number of thiophene rings is 1. The van der Waals surface area contributed by atoms with Crippen LogP contribution in [0.25, 0.3) is 9.53 Å². The zero-order chi connectivity index (χ0) is 22.5. The number of anilines is 1. The number of ether oxygens (including phenoxy) is 1. The molecule has 9 heteroatoms. The van der Waals surface area contributed by atoms with E-state index in [9.17, 15) is 0 Å². The van der Waals surface area contributed by atoms with Crippen molar-refractivity contribution >= 4 is 59.4 Å². The van der Waals surface area contributed by atoms with Crippen LogP contribution in [-0.2, 0) is 11.2 Å². The molecule has 168 valence electrons. The predicted molar refractivity (Wildman–Crippen MR) is 136 cm³/mol. The number of aryl methyl sites for hydroxylation is 1. The Morgan fingerprint density at radius 1 is 0.939 bits per heavy atom. The van der Waals surface area contributed by atoms with Gasteiger partial charge in [0, 0.05) is 12.2 Å². The molecule has 2 aromatic heterocycles. The molecule has 0 bridgehead atoms. The van der Waals surface area contributed by atoms with E-state index in [1.165, 1.54) is 41.1 Å². The Labute approximate surface area is 200 Å². The van der Waals surface area contributed by atoms with Gasteiger partial charge in [0.15, 0.2) is 0 Å². The van der Waals surface area contributed by atoms with Gasteiger partial charge in [-0.1, -0.05) is 48.2 Å². The van der Waals surface area contributed by atoms with E-state index in [1.807, 2.05) is 42.5 Å². The second kappa shape index (κ2) is 10.3. The molecule has 0 saturated carbocycles. The fourth-order valence-electron chi connectivity index (χ4n) is 3.47. The lowest BCUT2D eigenvalue weighted by molar-refractivity contribution is 0.201. The van der Waals surface area contributed by atoms with Crippen LogP contribution in [-0.4, -0.2) is 24.9 Å². The van der Waals surface area contributed by atoms with E-state index in [0.717, 1.165) is 51.2 Å². The van der Waals surface area contributed by atoms with E-state index in [4.69, 9.17) is 4.74 Å². The first-order valence-corrected chi connectivity index (χ1v) is 12.7. The van der Waals surface area contributed by atoms with Crippen molar-refractivity contribution in [3.8, 4) is 0 Å².